The number of hydrogen-bond donors (Lipinski definition) is 2. The first-order valence-electron chi connectivity index (χ1n) is 12.9. The Bertz CT molecular complexity index is 828. The second-order valence-corrected chi connectivity index (χ2v) is 11.5. The third-order valence-corrected chi connectivity index (χ3v) is 6.52. The lowest BCUT2D eigenvalue weighted by atomic mass is 9.87. The Morgan fingerprint density at radius 3 is 1.74 bits per heavy atom. The minimum atomic E-state index is -4.43. The van der Waals surface area contributed by atoms with Gasteiger partial charge in [0.2, 0.25) is 0 Å². The molecule has 0 aliphatic rings. The van der Waals surface area contributed by atoms with E-state index >= 15 is 0 Å². The lowest BCUT2D eigenvalue weighted by molar-refractivity contribution is 0.215. The lowest BCUT2D eigenvalue weighted by Crippen LogP contribution is -2.04. The molecule has 200 valence electrons. The van der Waals surface area contributed by atoms with E-state index in [4.69, 9.17) is 9.79 Å². The molecular weight excluding hydrogens is 455 g/mol. The molecule has 0 saturated heterocycles. The van der Waals surface area contributed by atoms with Crippen LogP contribution in [0.2, 0.25) is 0 Å². The number of phosphoric ester groups is 1. The molecule has 0 aromatic carbocycles. The smallest absolute Gasteiger partial charge is 0.303 e. The van der Waals surface area contributed by atoms with Crippen molar-refractivity contribution in [2.45, 2.75) is 106 Å². The van der Waals surface area contributed by atoms with Crippen LogP contribution < -0.4 is 0 Å². The van der Waals surface area contributed by atoms with Gasteiger partial charge in [0.15, 0.2) is 0 Å². The zero-order chi connectivity index (χ0) is 26.9. The number of rotatable bonds is 18. The molecule has 0 spiro atoms. The maximum Gasteiger partial charge on any atom is 0.469 e. The average molecular weight is 507 g/mol. The summed E-state index contributed by atoms with van der Waals surface area (Å²) in [5.41, 5.74) is 7.94. The minimum absolute atomic E-state index is 0.0675. The molecule has 0 radical (unpaired) electrons. The molecule has 0 aliphatic heterocycles. The van der Waals surface area contributed by atoms with E-state index in [0.29, 0.717) is 5.92 Å². The molecule has 5 heteroatoms. The van der Waals surface area contributed by atoms with Crippen molar-refractivity contribution in [1.82, 2.24) is 0 Å². The van der Waals surface area contributed by atoms with Gasteiger partial charge in [-0.25, -0.2) is 4.57 Å². The Kier molecular flexibility index (Phi) is 18.0. The van der Waals surface area contributed by atoms with Crippen molar-refractivity contribution in [2.75, 3.05) is 6.61 Å². The van der Waals surface area contributed by atoms with Crippen LogP contribution in [0.1, 0.15) is 106 Å². The van der Waals surface area contributed by atoms with Crippen LogP contribution in [-0.4, -0.2) is 16.4 Å². The summed E-state index contributed by atoms with van der Waals surface area (Å²) < 4.78 is 15.4. The first-order chi connectivity index (χ1) is 16.3. The Labute approximate surface area is 215 Å². The van der Waals surface area contributed by atoms with Crippen LogP contribution in [0.3, 0.4) is 0 Å². The zero-order valence-electron chi connectivity index (χ0n) is 23.4. The van der Waals surface area contributed by atoms with Gasteiger partial charge >= 0.3 is 7.82 Å². The Morgan fingerprint density at radius 2 is 1.23 bits per heavy atom. The summed E-state index contributed by atoms with van der Waals surface area (Å²) in [6.07, 6.45) is 20.2. The van der Waals surface area contributed by atoms with Gasteiger partial charge < -0.3 is 9.79 Å². The third-order valence-electron chi connectivity index (χ3n) is 6.03. The van der Waals surface area contributed by atoms with Gasteiger partial charge in [0, 0.05) is 0 Å². The molecule has 0 saturated carbocycles. The van der Waals surface area contributed by atoms with E-state index in [0.717, 1.165) is 63.4 Å². The SMILES string of the molecule is C=C(CC/C=C(\C)CCC=C(C)C)C(C/C=C(\C)CCC=C(C)C)CC/C(C)=C/COP(=O)(O)O. The second-order valence-electron chi connectivity index (χ2n) is 10.2. The minimum Gasteiger partial charge on any atom is -0.303 e. The largest absolute Gasteiger partial charge is 0.469 e. The molecule has 2 N–H and O–H groups in total. The highest BCUT2D eigenvalue weighted by atomic mass is 31.2. The first-order valence-corrected chi connectivity index (χ1v) is 14.4. The number of phosphoric acid groups is 1. The maximum atomic E-state index is 10.9. The van der Waals surface area contributed by atoms with Crippen LogP contribution in [0.25, 0.3) is 0 Å². The molecule has 1 atom stereocenters. The standard InChI is InChI=1S/C30H51O4P/c1-24(2)12-9-14-26(5)16-11-17-29(8)30(20-18-27(6)15-10-13-25(3)4)21-19-28(7)22-23-34-35(31,32)33/h12-13,16,18,22,30H,8-11,14-15,17,19-21,23H2,1-7H3,(H2,31,32,33)/b26-16+,27-18+,28-22+. The second kappa shape index (κ2) is 18.8. The fourth-order valence-electron chi connectivity index (χ4n) is 3.70. The van der Waals surface area contributed by atoms with Crippen molar-refractivity contribution in [2.24, 2.45) is 5.92 Å². The quantitative estimate of drug-likeness (QED) is 0.143. The fourth-order valence-corrected chi connectivity index (χ4v) is 3.97. The molecule has 4 nitrogen and oxygen atoms in total. The summed E-state index contributed by atoms with van der Waals surface area (Å²) in [5, 5.41) is 0. The van der Waals surface area contributed by atoms with Gasteiger partial charge in [-0.2, -0.15) is 0 Å². The Morgan fingerprint density at radius 1 is 0.743 bits per heavy atom. The van der Waals surface area contributed by atoms with Crippen LogP contribution in [0.4, 0.5) is 0 Å². The predicted molar refractivity (Wildman–Crippen MR) is 152 cm³/mol. The van der Waals surface area contributed by atoms with Gasteiger partial charge in [-0.3, -0.25) is 4.52 Å². The van der Waals surface area contributed by atoms with Crippen LogP contribution in [0.15, 0.2) is 70.4 Å². The highest BCUT2D eigenvalue weighted by molar-refractivity contribution is 7.46. The first kappa shape index (κ1) is 33.5. The van der Waals surface area contributed by atoms with Crippen molar-refractivity contribution in [1.29, 1.82) is 0 Å². The van der Waals surface area contributed by atoms with E-state index in [2.05, 4.69) is 76.9 Å². The van der Waals surface area contributed by atoms with Gasteiger partial charge in [-0.05, 0) is 112 Å². The van der Waals surface area contributed by atoms with Gasteiger partial charge in [0.05, 0.1) is 6.61 Å². The Hall–Kier alpha value is -1.45. The van der Waals surface area contributed by atoms with Gasteiger partial charge in [0.25, 0.3) is 0 Å². The van der Waals surface area contributed by atoms with Crippen LogP contribution in [0, 0.1) is 5.92 Å². The van der Waals surface area contributed by atoms with Crippen molar-refractivity contribution in [3.63, 3.8) is 0 Å². The number of hydrogen-bond acceptors (Lipinski definition) is 2. The van der Waals surface area contributed by atoms with Crippen LogP contribution in [-0.2, 0) is 9.09 Å². The summed E-state index contributed by atoms with van der Waals surface area (Å²) in [6, 6.07) is 0. The zero-order valence-corrected chi connectivity index (χ0v) is 24.3. The molecular formula is C30H51O4P. The summed E-state index contributed by atoms with van der Waals surface area (Å²) in [7, 11) is -4.43. The molecule has 0 heterocycles. The van der Waals surface area contributed by atoms with Gasteiger partial charge in [0.1, 0.15) is 0 Å². The fraction of sp³-hybridized carbons (Fsp3) is 0.600. The normalized spacial score (nSPS) is 14.0. The Balaban J connectivity index is 5.03. The summed E-state index contributed by atoms with van der Waals surface area (Å²) >= 11 is 0. The van der Waals surface area contributed by atoms with Crippen LogP contribution >= 0.6 is 7.82 Å². The van der Waals surface area contributed by atoms with E-state index < -0.39 is 7.82 Å². The van der Waals surface area contributed by atoms with Crippen molar-refractivity contribution >= 4 is 7.82 Å². The summed E-state index contributed by atoms with van der Waals surface area (Å²) in [6.45, 7) is 19.3. The maximum absolute atomic E-state index is 10.9. The van der Waals surface area contributed by atoms with Gasteiger partial charge in [-0.15, -0.1) is 0 Å². The highest BCUT2D eigenvalue weighted by Gasteiger charge is 2.13. The topological polar surface area (TPSA) is 66.8 Å². The molecule has 0 aromatic rings. The van der Waals surface area contributed by atoms with E-state index in [1.807, 2.05) is 6.92 Å². The third kappa shape index (κ3) is 21.5. The predicted octanol–water partition coefficient (Wildman–Crippen LogP) is 9.55. The molecule has 0 aromatic heterocycles. The molecule has 0 fully saturated rings. The van der Waals surface area contributed by atoms with Crippen molar-refractivity contribution in [3.8, 4) is 0 Å². The van der Waals surface area contributed by atoms with Gasteiger partial charge in [-0.1, -0.05) is 70.4 Å². The van der Waals surface area contributed by atoms with E-state index in [-0.39, 0.29) is 6.61 Å². The van der Waals surface area contributed by atoms with E-state index in [1.165, 1.54) is 27.9 Å². The monoisotopic (exact) mass is 506 g/mol. The van der Waals surface area contributed by atoms with Crippen molar-refractivity contribution < 1.29 is 18.9 Å². The molecule has 0 bridgehead atoms. The highest BCUT2D eigenvalue weighted by Crippen LogP contribution is 2.35. The average Bonchev–Trinajstić information content (AvgIpc) is 2.72. The molecule has 0 amide bonds. The van der Waals surface area contributed by atoms with E-state index in [1.54, 1.807) is 6.08 Å². The molecule has 1 unspecified atom stereocenters. The summed E-state index contributed by atoms with van der Waals surface area (Å²) in [5.74, 6) is 0.388. The van der Waals surface area contributed by atoms with Crippen LogP contribution in [0.5, 0.6) is 0 Å². The van der Waals surface area contributed by atoms with Crippen molar-refractivity contribution in [3.05, 3.63) is 70.4 Å². The molecule has 0 rings (SSSR count). The number of allylic oxidation sites excluding steroid dienone is 10. The summed E-state index contributed by atoms with van der Waals surface area (Å²) in [4.78, 5) is 17.7. The molecule has 35 heavy (non-hydrogen) atoms. The lowest BCUT2D eigenvalue weighted by Gasteiger charge is -2.19. The van der Waals surface area contributed by atoms with E-state index in [9.17, 15) is 4.57 Å². The molecule has 0 aliphatic carbocycles.